The number of rotatable bonds is 5. The highest BCUT2D eigenvalue weighted by molar-refractivity contribution is 6.32. The van der Waals surface area contributed by atoms with Gasteiger partial charge in [-0.15, -0.1) is 0 Å². The van der Waals surface area contributed by atoms with Crippen LogP contribution < -0.4 is 10.5 Å². The predicted molar refractivity (Wildman–Crippen MR) is 74.6 cm³/mol. The van der Waals surface area contributed by atoms with Crippen LogP contribution in [-0.2, 0) is 0 Å². The molecule has 1 aromatic carbocycles. The van der Waals surface area contributed by atoms with Gasteiger partial charge in [0.2, 0.25) is 0 Å². The molecular formula is C14H20ClNO2. The minimum Gasteiger partial charge on any atom is -0.496 e. The molecule has 0 spiro atoms. The quantitative estimate of drug-likeness (QED) is 0.836. The number of methoxy groups -OCH3 is 1. The zero-order valence-electron chi connectivity index (χ0n) is 11.3. The lowest BCUT2D eigenvalue weighted by Gasteiger charge is -2.17. The van der Waals surface area contributed by atoms with Crippen molar-refractivity contribution in [3.05, 3.63) is 27.8 Å². The summed E-state index contributed by atoms with van der Waals surface area (Å²) in [5.74, 6) is 0.501. The predicted octanol–water partition coefficient (Wildman–Crippen LogP) is 3.13. The molecule has 2 N–H and O–H groups in total. The summed E-state index contributed by atoms with van der Waals surface area (Å²) in [5, 5.41) is 0.624. The number of halogens is 1. The lowest BCUT2D eigenvalue weighted by atomic mass is 9.91. The summed E-state index contributed by atoms with van der Waals surface area (Å²) in [4.78, 5) is 12.4. The third-order valence-electron chi connectivity index (χ3n) is 3.16. The van der Waals surface area contributed by atoms with E-state index in [-0.39, 0.29) is 11.7 Å². The summed E-state index contributed by atoms with van der Waals surface area (Å²) < 4.78 is 5.30. The lowest BCUT2D eigenvalue weighted by molar-refractivity contribution is 0.0921. The van der Waals surface area contributed by atoms with Gasteiger partial charge in [-0.3, -0.25) is 4.79 Å². The first-order valence-corrected chi connectivity index (χ1v) is 6.39. The highest BCUT2D eigenvalue weighted by Crippen LogP contribution is 2.33. The molecule has 4 heteroatoms. The van der Waals surface area contributed by atoms with Gasteiger partial charge in [-0.25, -0.2) is 0 Å². The van der Waals surface area contributed by atoms with Crippen molar-refractivity contribution in [3.8, 4) is 5.75 Å². The third kappa shape index (κ3) is 2.85. The third-order valence-corrected chi connectivity index (χ3v) is 3.74. The average Bonchev–Trinajstić information content (AvgIpc) is 2.35. The van der Waals surface area contributed by atoms with Gasteiger partial charge in [0, 0.05) is 10.9 Å². The van der Waals surface area contributed by atoms with Gasteiger partial charge in [-0.05, 0) is 44.0 Å². The molecule has 1 aromatic rings. The van der Waals surface area contributed by atoms with Crippen LogP contribution in [0.4, 0.5) is 0 Å². The van der Waals surface area contributed by atoms with Crippen LogP contribution in [-0.4, -0.2) is 19.4 Å². The van der Waals surface area contributed by atoms with Crippen LogP contribution in [0.1, 0.15) is 34.8 Å². The van der Waals surface area contributed by atoms with Crippen LogP contribution in [0.5, 0.6) is 5.75 Å². The number of hydrogen-bond donors (Lipinski definition) is 1. The minimum absolute atomic E-state index is 0.0386. The van der Waals surface area contributed by atoms with Crippen LogP contribution in [0, 0.1) is 19.8 Å². The number of Topliss-reactive ketones (excluding diaryl/α,β-unsaturated/α-hetero) is 1. The van der Waals surface area contributed by atoms with Gasteiger partial charge < -0.3 is 10.5 Å². The molecular weight excluding hydrogens is 250 g/mol. The molecule has 1 rings (SSSR count). The van der Waals surface area contributed by atoms with E-state index in [0.29, 0.717) is 29.3 Å². The largest absolute Gasteiger partial charge is 0.496 e. The molecule has 0 bridgehead atoms. The molecule has 0 aliphatic heterocycles. The van der Waals surface area contributed by atoms with Crippen LogP contribution in [0.3, 0.4) is 0 Å². The fourth-order valence-corrected chi connectivity index (χ4v) is 2.17. The summed E-state index contributed by atoms with van der Waals surface area (Å²) in [6.45, 7) is 6.12. The van der Waals surface area contributed by atoms with Gasteiger partial charge in [-0.2, -0.15) is 0 Å². The van der Waals surface area contributed by atoms with Crippen molar-refractivity contribution in [1.29, 1.82) is 0 Å². The van der Waals surface area contributed by atoms with E-state index >= 15 is 0 Å². The number of benzene rings is 1. The number of ether oxygens (including phenoxy) is 1. The number of nitrogens with two attached hydrogens (primary N) is 1. The Morgan fingerprint density at radius 2 is 2.11 bits per heavy atom. The van der Waals surface area contributed by atoms with Gasteiger partial charge in [0.25, 0.3) is 0 Å². The first kappa shape index (κ1) is 15.0. The van der Waals surface area contributed by atoms with E-state index < -0.39 is 0 Å². The van der Waals surface area contributed by atoms with Crippen LogP contribution in [0.2, 0.25) is 5.02 Å². The summed E-state index contributed by atoms with van der Waals surface area (Å²) in [6, 6.07) is 1.80. The van der Waals surface area contributed by atoms with Crippen LogP contribution in [0.15, 0.2) is 6.07 Å². The zero-order valence-corrected chi connectivity index (χ0v) is 12.1. The highest BCUT2D eigenvalue weighted by Gasteiger charge is 2.23. The Labute approximate surface area is 113 Å². The molecule has 1 unspecified atom stereocenters. The fraction of sp³-hybridized carbons (Fsp3) is 0.500. The number of carbonyl (C=O) groups is 1. The number of aryl methyl sites for hydroxylation is 1. The Kier molecular flexibility index (Phi) is 5.17. The van der Waals surface area contributed by atoms with Crippen molar-refractivity contribution < 1.29 is 9.53 Å². The molecule has 0 saturated heterocycles. The van der Waals surface area contributed by atoms with Crippen molar-refractivity contribution in [2.45, 2.75) is 27.2 Å². The van der Waals surface area contributed by atoms with Gasteiger partial charge in [0.05, 0.1) is 12.7 Å². The topological polar surface area (TPSA) is 52.3 Å². The first-order chi connectivity index (χ1) is 8.43. The number of ketones is 1. The molecule has 1 atom stereocenters. The standard InChI is InChI=1S/C14H20ClNO2/c1-8(5-6-16)14(17)12-10(3)13(15)9(2)7-11(12)18-4/h7-8H,5-6,16H2,1-4H3. The van der Waals surface area contributed by atoms with Gasteiger partial charge >= 0.3 is 0 Å². The smallest absolute Gasteiger partial charge is 0.169 e. The van der Waals surface area contributed by atoms with E-state index in [1.807, 2.05) is 20.8 Å². The second-order valence-corrected chi connectivity index (χ2v) is 4.93. The Hall–Kier alpha value is -1.06. The lowest BCUT2D eigenvalue weighted by Crippen LogP contribution is -2.18. The summed E-state index contributed by atoms with van der Waals surface area (Å²) in [6.07, 6.45) is 0.660. The molecule has 18 heavy (non-hydrogen) atoms. The molecule has 3 nitrogen and oxygen atoms in total. The van der Waals surface area contributed by atoms with Crippen molar-refractivity contribution in [2.24, 2.45) is 11.7 Å². The van der Waals surface area contributed by atoms with Crippen molar-refractivity contribution >= 4 is 17.4 Å². The summed E-state index contributed by atoms with van der Waals surface area (Å²) in [5.41, 5.74) is 7.77. The molecule has 0 amide bonds. The monoisotopic (exact) mass is 269 g/mol. The Morgan fingerprint density at radius 1 is 1.50 bits per heavy atom. The zero-order chi connectivity index (χ0) is 13.9. The molecule has 0 aliphatic carbocycles. The average molecular weight is 270 g/mol. The van der Waals surface area contributed by atoms with E-state index in [2.05, 4.69) is 0 Å². The maximum Gasteiger partial charge on any atom is 0.169 e. The van der Waals surface area contributed by atoms with Crippen LogP contribution in [0.25, 0.3) is 0 Å². The van der Waals surface area contributed by atoms with E-state index in [4.69, 9.17) is 22.1 Å². The van der Waals surface area contributed by atoms with Gasteiger partial charge in [0.15, 0.2) is 5.78 Å². The normalized spacial score (nSPS) is 12.3. The Morgan fingerprint density at radius 3 is 2.61 bits per heavy atom. The number of hydrogen-bond acceptors (Lipinski definition) is 3. The van der Waals surface area contributed by atoms with Crippen molar-refractivity contribution in [1.82, 2.24) is 0 Å². The van der Waals surface area contributed by atoms with Crippen molar-refractivity contribution in [2.75, 3.05) is 13.7 Å². The maximum atomic E-state index is 12.4. The van der Waals surface area contributed by atoms with Crippen LogP contribution >= 0.6 is 11.6 Å². The van der Waals surface area contributed by atoms with Gasteiger partial charge in [-0.1, -0.05) is 18.5 Å². The minimum atomic E-state index is -0.124. The first-order valence-electron chi connectivity index (χ1n) is 6.02. The molecule has 0 aromatic heterocycles. The molecule has 0 fully saturated rings. The second kappa shape index (κ2) is 6.21. The Balaban J connectivity index is 3.30. The molecule has 0 aliphatic rings. The van der Waals surface area contributed by atoms with Crippen molar-refractivity contribution in [3.63, 3.8) is 0 Å². The fourth-order valence-electron chi connectivity index (χ4n) is 2.02. The van der Waals surface area contributed by atoms with E-state index in [1.165, 1.54) is 0 Å². The highest BCUT2D eigenvalue weighted by atomic mass is 35.5. The summed E-state index contributed by atoms with van der Waals surface area (Å²) >= 11 is 6.21. The van der Waals surface area contributed by atoms with Gasteiger partial charge in [0.1, 0.15) is 5.75 Å². The molecule has 0 saturated carbocycles. The SMILES string of the molecule is COc1cc(C)c(Cl)c(C)c1C(=O)C(C)CCN. The molecule has 100 valence electrons. The van der Waals surface area contributed by atoms with E-state index in [0.717, 1.165) is 11.1 Å². The van der Waals surface area contributed by atoms with E-state index in [1.54, 1.807) is 13.2 Å². The maximum absolute atomic E-state index is 12.4. The Bertz CT molecular complexity index is 458. The summed E-state index contributed by atoms with van der Waals surface area (Å²) in [7, 11) is 1.56. The molecule has 0 radical (unpaired) electrons. The van der Waals surface area contributed by atoms with E-state index in [9.17, 15) is 4.79 Å². The molecule has 0 heterocycles. The number of carbonyl (C=O) groups excluding carboxylic acids is 1. The second-order valence-electron chi connectivity index (χ2n) is 4.55.